The molecule has 0 saturated carbocycles. The number of carbonyl (C=O) groups excluding carboxylic acids is 1. The van der Waals surface area contributed by atoms with E-state index in [1.54, 1.807) is 17.8 Å². The van der Waals surface area contributed by atoms with Crippen molar-refractivity contribution in [1.82, 2.24) is 20.3 Å². The van der Waals surface area contributed by atoms with E-state index in [1.807, 2.05) is 43.5 Å². The van der Waals surface area contributed by atoms with E-state index >= 15 is 0 Å². The highest BCUT2D eigenvalue weighted by atomic mass is 16.5. The van der Waals surface area contributed by atoms with Gasteiger partial charge in [-0.25, -0.2) is 4.68 Å². The maximum absolute atomic E-state index is 12.3. The summed E-state index contributed by atoms with van der Waals surface area (Å²) in [4.78, 5) is 12.3. The first kappa shape index (κ1) is 14.1. The first-order chi connectivity index (χ1) is 10.7. The average molecular weight is 296 g/mol. The number of rotatable bonds is 4. The normalized spacial score (nSPS) is 12.1. The van der Waals surface area contributed by atoms with Crippen LogP contribution >= 0.6 is 0 Å². The van der Waals surface area contributed by atoms with Crippen LogP contribution < -0.4 is 5.32 Å². The highest BCUT2D eigenvalue weighted by molar-refractivity contribution is 5.95. The summed E-state index contributed by atoms with van der Waals surface area (Å²) in [7, 11) is 0. The Labute approximate surface area is 127 Å². The van der Waals surface area contributed by atoms with Gasteiger partial charge in [-0.05, 0) is 31.5 Å². The number of benzene rings is 1. The van der Waals surface area contributed by atoms with E-state index < -0.39 is 0 Å². The topological polar surface area (TPSA) is 73.0 Å². The molecule has 0 spiro atoms. The zero-order valence-electron chi connectivity index (χ0n) is 12.4. The number of nitrogens with zero attached hydrogens (tertiary/aromatic N) is 3. The van der Waals surface area contributed by atoms with Crippen LogP contribution in [0.1, 0.15) is 34.6 Å². The van der Waals surface area contributed by atoms with Crippen LogP contribution in [0.25, 0.3) is 5.69 Å². The Balaban J connectivity index is 1.86. The first-order valence-electron chi connectivity index (χ1n) is 6.98. The second kappa shape index (κ2) is 5.85. The van der Waals surface area contributed by atoms with E-state index in [9.17, 15) is 4.79 Å². The third-order valence-corrected chi connectivity index (χ3v) is 3.50. The standard InChI is InChI=1S/C16H16N4O2/c1-11(19-16(21)14-10-18-22-12(14)2)13-6-3-4-7-15(13)20-9-5-8-17-20/h3-11H,1-2H3,(H,19,21). The summed E-state index contributed by atoms with van der Waals surface area (Å²) in [6.07, 6.45) is 5.02. The Morgan fingerprint density at radius 1 is 1.32 bits per heavy atom. The number of aryl methyl sites for hydroxylation is 1. The van der Waals surface area contributed by atoms with Crippen molar-refractivity contribution >= 4 is 5.91 Å². The van der Waals surface area contributed by atoms with E-state index in [0.717, 1.165) is 11.3 Å². The maximum Gasteiger partial charge on any atom is 0.256 e. The molecule has 1 aromatic carbocycles. The van der Waals surface area contributed by atoms with Crippen LogP contribution in [-0.2, 0) is 0 Å². The quantitative estimate of drug-likeness (QED) is 0.803. The van der Waals surface area contributed by atoms with Gasteiger partial charge < -0.3 is 9.84 Å². The molecule has 0 aliphatic heterocycles. The summed E-state index contributed by atoms with van der Waals surface area (Å²) in [5, 5.41) is 10.8. The molecule has 0 saturated heterocycles. The molecule has 0 aliphatic carbocycles. The third-order valence-electron chi connectivity index (χ3n) is 3.50. The molecule has 112 valence electrons. The van der Waals surface area contributed by atoms with E-state index in [2.05, 4.69) is 15.6 Å². The van der Waals surface area contributed by atoms with Gasteiger partial charge in [-0.1, -0.05) is 23.4 Å². The predicted molar refractivity (Wildman–Crippen MR) is 80.7 cm³/mol. The van der Waals surface area contributed by atoms with E-state index in [4.69, 9.17) is 4.52 Å². The van der Waals surface area contributed by atoms with Crippen molar-refractivity contribution in [2.75, 3.05) is 0 Å². The molecule has 2 aromatic heterocycles. The summed E-state index contributed by atoms with van der Waals surface area (Å²) < 4.78 is 6.71. The zero-order valence-corrected chi connectivity index (χ0v) is 12.4. The van der Waals surface area contributed by atoms with Crippen LogP contribution in [0.4, 0.5) is 0 Å². The highest BCUT2D eigenvalue weighted by Gasteiger charge is 2.18. The van der Waals surface area contributed by atoms with Crippen molar-refractivity contribution in [1.29, 1.82) is 0 Å². The van der Waals surface area contributed by atoms with Gasteiger partial charge in [0.1, 0.15) is 11.3 Å². The van der Waals surface area contributed by atoms with Gasteiger partial charge in [-0.15, -0.1) is 0 Å². The fraction of sp³-hybridized carbons (Fsp3) is 0.188. The van der Waals surface area contributed by atoms with E-state index in [1.165, 1.54) is 6.20 Å². The van der Waals surface area contributed by atoms with Gasteiger partial charge in [0, 0.05) is 12.4 Å². The summed E-state index contributed by atoms with van der Waals surface area (Å²) in [6, 6.07) is 9.51. The van der Waals surface area contributed by atoms with Crippen LogP contribution in [0, 0.1) is 6.92 Å². The van der Waals surface area contributed by atoms with Crippen molar-refractivity contribution in [3.8, 4) is 5.69 Å². The average Bonchev–Trinajstić information content (AvgIpc) is 3.18. The lowest BCUT2D eigenvalue weighted by Crippen LogP contribution is -2.27. The van der Waals surface area contributed by atoms with Crippen molar-refractivity contribution in [2.45, 2.75) is 19.9 Å². The van der Waals surface area contributed by atoms with Gasteiger partial charge in [-0.2, -0.15) is 5.10 Å². The lowest BCUT2D eigenvalue weighted by Gasteiger charge is -2.17. The Bertz CT molecular complexity index is 777. The Morgan fingerprint density at radius 3 is 2.82 bits per heavy atom. The molecule has 6 heteroatoms. The lowest BCUT2D eigenvalue weighted by molar-refractivity contribution is 0.0938. The van der Waals surface area contributed by atoms with Gasteiger partial charge >= 0.3 is 0 Å². The summed E-state index contributed by atoms with van der Waals surface area (Å²) in [5.41, 5.74) is 2.36. The fourth-order valence-electron chi connectivity index (χ4n) is 2.34. The van der Waals surface area contributed by atoms with Crippen LogP contribution in [0.2, 0.25) is 0 Å². The Hall–Kier alpha value is -2.89. The molecule has 6 nitrogen and oxygen atoms in total. The molecule has 1 unspecified atom stereocenters. The SMILES string of the molecule is Cc1oncc1C(=O)NC(C)c1ccccc1-n1cccn1. The van der Waals surface area contributed by atoms with E-state index in [0.29, 0.717) is 11.3 Å². The van der Waals surface area contributed by atoms with Crippen molar-refractivity contribution in [3.63, 3.8) is 0 Å². The minimum Gasteiger partial charge on any atom is -0.361 e. The molecule has 3 rings (SSSR count). The molecule has 1 N–H and O–H groups in total. The number of aromatic nitrogens is 3. The molecular weight excluding hydrogens is 280 g/mol. The lowest BCUT2D eigenvalue weighted by atomic mass is 10.1. The zero-order chi connectivity index (χ0) is 15.5. The first-order valence-corrected chi connectivity index (χ1v) is 6.98. The number of hydrogen-bond donors (Lipinski definition) is 1. The fourth-order valence-corrected chi connectivity index (χ4v) is 2.34. The Morgan fingerprint density at radius 2 is 2.14 bits per heavy atom. The molecule has 0 bridgehead atoms. The molecular formula is C16H16N4O2. The number of hydrogen-bond acceptors (Lipinski definition) is 4. The summed E-state index contributed by atoms with van der Waals surface area (Å²) >= 11 is 0. The highest BCUT2D eigenvalue weighted by Crippen LogP contribution is 2.21. The van der Waals surface area contributed by atoms with Gasteiger partial charge in [0.05, 0.1) is 17.9 Å². The molecule has 2 heterocycles. The summed E-state index contributed by atoms with van der Waals surface area (Å²) in [6.45, 7) is 3.65. The molecule has 22 heavy (non-hydrogen) atoms. The van der Waals surface area contributed by atoms with Gasteiger partial charge in [0.15, 0.2) is 0 Å². The largest absolute Gasteiger partial charge is 0.361 e. The number of nitrogens with one attached hydrogen (secondary N) is 1. The van der Waals surface area contributed by atoms with Crippen molar-refractivity contribution in [3.05, 3.63) is 65.8 Å². The van der Waals surface area contributed by atoms with Gasteiger partial charge in [0.2, 0.25) is 0 Å². The Kier molecular flexibility index (Phi) is 3.74. The smallest absolute Gasteiger partial charge is 0.256 e. The molecule has 0 aliphatic rings. The van der Waals surface area contributed by atoms with Gasteiger partial charge in [-0.3, -0.25) is 4.79 Å². The molecule has 1 amide bonds. The number of carbonyl (C=O) groups is 1. The third kappa shape index (κ3) is 2.63. The number of para-hydroxylation sites is 1. The monoisotopic (exact) mass is 296 g/mol. The molecule has 0 radical (unpaired) electrons. The second-order valence-electron chi connectivity index (χ2n) is 5.00. The van der Waals surface area contributed by atoms with Crippen LogP contribution in [-0.4, -0.2) is 20.8 Å². The van der Waals surface area contributed by atoms with E-state index in [-0.39, 0.29) is 11.9 Å². The van der Waals surface area contributed by atoms with Crippen LogP contribution in [0.3, 0.4) is 0 Å². The van der Waals surface area contributed by atoms with Crippen molar-refractivity contribution < 1.29 is 9.32 Å². The van der Waals surface area contributed by atoms with Crippen molar-refractivity contribution in [2.24, 2.45) is 0 Å². The molecule has 0 fully saturated rings. The van der Waals surface area contributed by atoms with Crippen LogP contribution in [0.5, 0.6) is 0 Å². The maximum atomic E-state index is 12.3. The number of amides is 1. The predicted octanol–water partition coefficient (Wildman–Crippen LogP) is 2.66. The van der Waals surface area contributed by atoms with Gasteiger partial charge in [0.25, 0.3) is 5.91 Å². The molecule has 1 atom stereocenters. The van der Waals surface area contributed by atoms with Crippen LogP contribution in [0.15, 0.2) is 53.4 Å². The minimum atomic E-state index is -0.207. The minimum absolute atomic E-state index is 0.179. The summed E-state index contributed by atoms with van der Waals surface area (Å²) in [5.74, 6) is 0.298. The molecule has 3 aromatic rings. The second-order valence-corrected chi connectivity index (χ2v) is 5.00.